The number of hydrogen-bond acceptors (Lipinski definition) is 3. The average Bonchev–Trinajstić information content (AvgIpc) is 3.38. The Morgan fingerprint density at radius 2 is 2.00 bits per heavy atom. The fourth-order valence-electron chi connectivity index (χ4n) is 2.95. The summed E-state index contributed by atoms with van der Waals surface area (Å²) < 4.78 is 8.03. The maximum absolute atomic E-state index is 6.45. The first-order valence-corrected chi connectivity index (χ1v) is 7.89. The van der Waals surface area contributed by atoms with Crippen molar-refractivity contribution < 1.29 is 4.74 Å². The van der Waals surface area contributed by atoms with Gasteiger partial charge in [0, 0.05) is 17.5 Å². The number of nitrogens with zero attached hydrogens (tertiary/aromatic N) is 2. The summed E-state index contributed by atoms with van der Waals surface area (Å²) in [5.74, 6) is 3.48. The molecule has 0 spiro atoms. The van der Waals surface area contributed by atoms with Crippen molar-refractivity contribution in [3.63, 3.8) is 0 Å². The minimum Gasteiger partial charge on any atom is -0.493 e. The summed E-state index contributed by atoms with van der Waals surface area (Å²) in [6, 6.07) is 8.62. The number of nitrogens with two attached hydrogens (primary N) is 1. The van der Waals surface area contributed by atoms with Crippen molar-refractivity contribution in [1.29, 1.82) is 0 Å². The number of ether oxygens (including phenoxy) is 1. The fraction of sp³-hybridized carbons (Fsp3) is 0.471. The normalized spacial score (nSPS) is 18.0. The summed E-state index contributed by atoms with van der Waals surface area (Å²) in [7, 11) is 0. The van der Waals surface area contributed by atoms with Crippen LogP contribution in [0.15, 0.2) is 24.3 Å². The molecule has 0 saturated heterocycles. The van der Waals surface area contributed by atoms with Gasteiger partial charge in [-0.25, -0.2) is 4.98 Å². The second-order valence-corrected chi connectivity index (χ2v) is 6.01. The fourth-order valence-corrected chi connectivity index (χ4v) is 2.95. The van der Waals surface area contributed by atoms with Crippen molar-refractivity contribution in [3.05, 3.63) is 30.1 Å². The van der Waals surface area contributed by atoms with E-state index in [1.165, 1.54) is 31.5 Å². The van der Waals surface area contributed by atoms with Crippen LogP contribution < -0.4 is 10.5 Å². The van der Waals surface area contributed by atoms with E-state index in [-0.39, 0.29) is 0 Å². The summed E-state index contributed by atoms with van der Waals surface area (Å²) in [4.78, 5) is 4.90. The predicted octanol–water partition coefficient (Wildman–Crippen LogP) is 3.74. The second kappa shape index (κ2) is 4.79. The molecule has 2 fully saturated rings. The number of nitrogen functional groups attached to an aromatic ring is 1. The van der Waals surface area contributed by atoms with Gasteiger partial charge in [-0.2, -0.15) is 0 Å². The average molecular weight is 283 g/mol. The van der Waals surface area contributed by atoms with Crippen LogP contribution in [0.25, 0.3) is 11.3 Å². The number of para-hydroxylation sites is 1. The molecule has 1 heterocycles. The molecule has 1 aromatic carbocycles. The van der Waals surface area contributed by atoms with Crippen LogP contribution in [0.4, 0.5) is 5.82 Å². The van der Waals surface area contributed by atoms with E-state index in [1.807, 2.05) is 25.1 Å². The zero-order chi connectivity index (χ0) is 14.4. The smallest absolute Gasteiger partial charge is 0.132 e. The lowest BCUT2D eigenvalue weighted by Crippen LogP contribution is -2.04. The Morgan fingerprint density at radius 3 is 2.67 bits per heavy atom. The molecule has 2 saturated carbocycles. The largest absolute Gasteiger partial charge is 0.493 e. The molecule has 1 aromatic heterocycles. The summed E-state index contributed by atoms with van der Waals surface area (Å²) in [6.07, 6.45) is 4.95. The van der Waals surface area contributed by atoms with Gasteiger partial charge in [0.15, 0.2) is 0 Å². The summed E-state index contributed by atoms with van der Waals surface area (Å²) in [5, 5.41) is 0. The third-order valence-corrected chi connectivity index (χ3v) is 4.27. The summed E-state index contributed by atoms with van der Waals surface area (Å²) >= 11 is 0. The first-order valence-electron chi connectivity index (χ1n) is 7.89. The van der Waals surface area contributed by atoms with Crippen LogP contribution >= 0.6 is 0 Å². The molecule has 2 aliphatic rings. The third kappa shape index (κ3) is 2.19. The van der Waals surface area contributed by atoms with Gasteiger partial charge in [0.05, 0.1) is 6.61 Å². The van der Waals surface area contributed by atoms with E-state index >= 15 is 0 Å². The molecule has 0 amide bonds. The minimum absolute atomic E-state index is 0.570. The zero-order valence-electron chi connectivity index (χ0n) is 12.4. The molecule has 0 unspecified atom stereocenters. The van der Waals surface area contributed by atoms with Crippen LogP contribution in [0.5, 0.6) is 5.75 Å². The van der Waals surface area contributed by atoms with Gasteiger partial charge < -0.3 is 15.0 Å². The Hall–Kier alpha value is -1.97. The van der Waals surface area contributed by atoms with Gasteiger partial charge in [0.25, 0.3) is 0 Å². The van der Waals surface area contributed by atoms with E-state index < -0.39 is 0 Å². The number of imidazole rings is 1. The number of anilines is 1. The van der Waals surface area contributed by atoms with E-state index in [0.29, 0.717) is 18.6 Å². The molecule has 4 heteroatoms. The zero-order valence-corrected chi connectivity index (χ0v) is 12.4. The molecule has 2 aliphatic carbocycles. The van der Waals surface area contributed by atoms with Crippen molar-refractivity contribution >= 4 is 5.82 Å². The number of benzene rings is 1. The second-order valence-electron chi connectivity index (χ2n) is 6.01. The van der Waals surface area contributed by atoms with Gasteiger partial charge in [-0.05, 0) is 44.7 Å². The van der Waals surface area contributed by atoms with E-state index in [0.717, 1.165) is 22.8 Å². The van der Waals surface area contributed by atoms with E-state index in [2.05, 4.69) is 10.6 Å². The van der Waals surface area contributed by atoms with Crippen molar-refractivity contribution in [2.24, 2.45) is 0 Å². The van der Waals surface area contributed by atoms with Crippen molar-refractivity contribution in [2.45, 2.75) is 44.6 Å². The molecule has 4 nitrogen and oxygen atoms in total. The van der Waals surface area contributed by atoms with Crippen LogP contribution in [-0.2, 0) is 0 Å². The van der Waals surface area contributed by atoms with Crippen LogP contribution in [-0.4, -0.2) is 16.2 Å². The molecule has 0 radical (unpaired) electrons. The lowest BCUT2D eigenvalue weighted by molar-refractivity contribution is 0.341. The summed E-state index contributed by atoms with van der Waals surface area (Å²) in [6.45, 7) is 2.65. The van der Waals surface area contributed by atoms with Crippen LogP contribution in [0.1, 0.15) is 50.4 Å². The molecule has 2 N–H and O–H groups in total. The SMILES string of the molecule is CCOc1ccccc1-c1nc(C2CC2)n(C2CC2)c1N. The maximum Gasteiger partial charge on any atom is 0.132 e. The Bertz CT molecular complexity index is 669. The molecular formula is C17H21N3O. The highest BCUT2D eigenvalue weighted by Gasteiger charge is 2.36. The van der Waals surface area contributed by atoms with Crippen molar-refractivity contribution in [1.82, 2.24) is 9.55 Å². The minimum atomic E-state index is 0.570. The number of aromatic nitrogens is 2. The highest BCUT2D eigenvalue weighted by atomic mass is 16.5. The van der Waals surface area contributed by atoms with E-state index in [9.17, 15) is 0 Å². The maximum atomic E-state index is 6.45. The first-order chi connectivity index (χ1) is 10.3. The highest BCUT2D eigenvalue weighted by molar-refractivity contribution is 5.76. The molecule has 0 atom stereocenters. The lowest BCUT2D eigenvalue weighted by Gasteiger charge is -2.09. The summed E-state index contributed by atoms with van der Waals surface area (Å²) in [5.41, 5.74) is 8.36. The van der Waals surface area contributed by atoms with Gasteiger partial charge in [0.2, 0.25) is 0 Å². The van der Waals surface area contributed by atoms with Crippen LogP contribution in [0.2, 0.25) is 0 Å². The molecule has 4 rings (SSSR count). The standard InChI is InChI=1S/C17H21N3O/c1-2-21-14-6-4-3-5-13(14)15-16(18)20(12-9-10-12)17(19-15)11-7-8-11/h3-6,11-12H,2,7-10,18H2,1H3. The molecule has 0 aliphatic heterocycles. The third-order valence-electron chi connectivity index (χ3n) is 4.27. The highest BCUT2D eigenvalue weighted by Crippen LogP contribution is 2.48. The Balaban J connectivity index is 1.83. The predicted molar refractivity (Wildman–Crippen MR) is 83.5 cm³/mol. The van der Waals surface area contributed by atoms with Gasteiger partial charge in [0.1, 0.15) is 23.1 Å². The Morgan fingerprint density at radius 1 is 1.24 bits per heavy atom. The monoisotopic (exact) mass is 283 g/mol. The molecule has 110 valence electrons. The van der Waals surface area contributed by atoms with E-state index in [4.69, 9.17) is 15.5 Å². The van der Waals surface area contributed by atoms with E-state index in [1.54, 1.807) is 0 Å². The lowest BCUT2D eigenvalue weighted by atomic mass is 10.1. The quantitative estimate of drug-likeness (QED) is 0.909. The van der Waals surface area contributed by atoms with Gasteiger partial charge in [-0.1, -0.05) is 12.1 Å². The van der Waals surface area contributed by atoms with Gasteiger partial charge >= 0.3 is 0 Å². The Kier molecular flexibility index (Phi) is 2.91. The van der Waals surface area contributed by atoms with Gasteiger partial charge in [-0.15, -0.1) is 0 Å². The Labute approximate surface area is 124 Å². The molecule has 0 bridgehead atoms. The molecule has 2 aromatic rings. The van der Waals surface area contributed by atoms with Crippen LogP contribution in [0, 0.1) is 0 Å². The number of rotatable bonds is 5. The van der Waals surface area contributed by atoms with Crippen LogP contribution in [0.3, 0.4) is 0 Å². The van der Waals surface area contributed by atoms with Crippen molar-refractivity contribution in [3.8, 4) is 17.0 Å². The molecular weight excluding hydrogens is 262 g/mol. The van der Waals surface area contributed by atoms with Crippen molar-refractivity contribution in [2.75, 3.05) is 12.3 Å². The topological polar surface area (TPSA) is 53.1 Å². The number of hydrogen-bond donors (Lipinski definition) is 1. The van der Waals surface area contributed by atoms with Gasteiger partial charge in [-0.3, -0.25) is 0 Å². The molecule has 21 heavy (non-hydrogen) atoms. The first kappa shape index (κ1) is 12.7.